The largest absolute Gasteiger partial charge is 0.422 e. The average molecular weight is 474 g/mol. The van der Waals surface area contributed by atoms with E-state index in [1.807, 2.05) is 6.07 Å². The highest BCUT2D eigenvalue weighted by molar-refractivity contribution is 5.99. The van der Waals surface area contributed by atoms with Crippen LogP contribution in [0.3, 0.4) is 0 Å². The van der Waals surface area contributed by atoms with Crippen LogP contribution in [0.1, 0.15) is 51.1 Å². The molecule has 176 valence electrons. The van der Waals surface area contributed by atoms with E-state index in [2.05, 4.69) is 20.6 Å². The van der Waals surface area contributed by atoms with Gasteiger partial charge in [-0.05, 0) is 49.7 Å². The lowest BCUT2D eigenvalue weighted by Gasteiger charge is -2.15. The van der Waals surface area contributed by atoms with Gasteiger partial charge in [0.25, 0.3) is 0 Å². The normalized spacial score (nSPS) is 16.0. The van der Waals surface area contributed by atoms with E-state index in [-0.39, 0.29) is 34.1 Å². The molecule has 2 heterocycles. The number of ether oxygens (including phenoxy) is 1. The molecule has 1 aliphatic carbocycles. The number of benzene rings is 1. The van der Waals surface area contributed by atoms with Crippen molar-refractivity contribution in [3.8, 4) is 11.8 Å². The van der Waals surface area contributed by atoms with Crippen LogP contribution in [0.4, 0.5) is 20.8 Å². The van der Waals surface area contributed by atoms with Gasteiger partial charge < -0.3 is 15.8 Å². The van der Waals surface area contributed by atoms with Crippen molar-refractivity contribution in [3.63, 3.8) is 0 Å². The number of amides is 2. The van der Waals surface area contributed by atoms with E-state index in [1.54, 1.807) is 0 Å². The van der Waals surface area contributed by atoms with E-state index in [4.69, 9.17) is 15.7 Å². The Bertz CT molecular complexity index is 1350. The number of carbonyl (C=O) groups excluding carboxylic acids is 3. The number of rotatable bonds is 6. The van der Waals surface area contributed by atoms with Crippen molar-refractivity contribution < 1.29 is 23.5 Å². The highest BCUT2D eigenvalue weighted by Gasteiger charge is 2.44. The Morgan fingerprint density at radius 1 is 1.14 bits per heavy atom. The van der Waals surface area contributed by atoms with Gasteiger partial charge in [0.15, 0.2) is 5.78 Å². The Balaban J connectivity index is 1.53. The summed E-state index contributed by atoms with van der Waals surface area (Å²) in [4.78, 5) is 45.0. The molecule has 0 aliphatic heterocycles. The summed E-state index contributed by atoms with van der Waals surface area (Å²) >= 11 is 0. The van der Waals surface area contributed by atoms with E-state index in [0.717, 1.165) is 6.07 Å². The number of hydrogen-bond acceptors (Lipinski definition) is 8. The molecule has 1 fully saturated rings. The molecule has 1 aliphatic rings. The third-order valence-corrected chi connectivity index (χ3v) is 5.35. The first-order valence-corrected chi connectivity index (χ1v) is 10.5. The summed E-state index contributed by atoms with van der Waals surface area (Å²) in [5, 5.41) is 14.1. The zero-order valence-corrected chi connectivity index (χ0v) is 18.4. The van der Waals surface area contributed by atoms with Crippen LogP contribution in [0.15, 0.2) is 48.8 Å². The summed E-state index contributed by atoms with van der Waals surface area (Å²) in [6.45, 7) is 1.28. The summed E-state index contributed by atoms with van der Waals surface area (Å²) in [6.07, 6.45) is 2.89. The molecule has 0 saturated heterocycles. The van der Waals surface area contributed by atoms with Crippen molar-refractivity contribution in [2.75, 3.05) is 11.1 Å². The molecule has 4 N–H and O–H groups in total. The Hall–Kier alpha value is -4.85. The monoisotopic (exact) mass is 474 g/mol. The molecule has 2 atom stereocenters. The second-order valence-electron chi connectivity index (χ2n) is 7.85. The van der Waals surface area contributed by atoms with Crippen molar-refractivity contribution in [1.82, 2.24) is 15.3 Å². The highest BCUT2D eigenvalue weighted by Crippen LogP contribution is 2.47. The molecule has 2 amide bonds. The number of urea groups is 1. The van der Waals surface area contributed by atoms with E-state index in [9.17, 15) is 18.8 Å². The summed E-state index contributed by atoms with van der Waals surface area (Å²) in [5.74, 6) is -2.20. The molecular formula is C24H19FN6O4. The second kappa shape index (κ2) is 9.56. The van der Waals surface area contributed by atoms with Crippen LogP contribution in [0.2, 0.25) is 0 Å². The van der Waals surface area contributed by atoms with E-state index in [1.165, 1.54) is 49.6 Å². The number of ketones is 1. The lowest BCUT2D eigenvalue weighted by atomic mass is 10.0. The number of nitrogens with two attached hydrogens (primary N) is 1. The number of nitrogen functional groups attached to an aromatic ring is 1. The Labute approximate surface area is 198 Å². The van der Waals surface area contributed by atoms with Gasteiger partial charge in [0.1, 0.15) is 29.3 Å². The van der Waals surface area contributed by atoms with E-state index < -0.39 is 35.6 Å². The summed E-state index contributed by atoms with van der Waals surface area (Å²) in [5.41, 5.74) is 6.02. The number of nitrogens with zero attached hydrogens (tertiary/aromatic N) is 3. The van der Waals surface area contributed by atoms with Crippen LogP contribution in [-0.2, 0) is 0 Å². The van der Waals surface area contributed by atoms with Crippen LogP contribution in [0.25, 0.3) is 0 Å². The average Bonchev–Trinajstić information content (AvgIpc) is 3.57. The number of Topliss-reactive ketones (excluding diaryl/α,β-unsaturated/α-hetero) is 1. The minimum absolute atomic E-state index is 0.0243. The van der Waals surface area contributed by atoms with E-state index >= 15 is 0 Å². The van der Waals surface area contributed by atoms with Crippen LogP contribution in [0.5, 0.6) is 5.75 Å². The minimum Gasteiger partial charge on any atom is -0.422 e. The van der Waals surface area contributed by atoms with Gasteiger partial charge in [0.2, 0.25) is 0 Å². The first kappa shape index (κ1) is 23.3. The molecule has 3 aromatic rings. The van der Waals surface area contributed by atoms with Gasteiger partial charge in [0.05, 0.1) is 16.7 Å². The van der Waals surface area contributed by atoms with Crippen molar-refractivity contribution >= 4 is 29.4 Å². The highest BCUT2D eigenvalue weighted by atomic mass is 19.1. The van der Waals surface area contributed by atoms with Crippen molar-refractivity contribution in [3.05, 3.63) is 76.9 Å². The molecule has 4 rings (SSSR count). The molecule has 1 saturated carbocycles. The molecule has 0 bridgehead atoms. The number of anilines is 2. The smallest absolute Gasteiger partial charge is 0.345 e. The topological polar surface area (TPSA) is 160 Å². The lowest BCUT2D eigenvalue weighted by Crippen LogP contribution is -2.31. The fraction of sp³-hybridized carbons (Fsp3) is 0.167. The van der Waals surface area contributed by atoms with E-state index in [0.29, 0.717) is 12.0 Å². The number of carbonyl (C=O) groups is 3. The van der Waals surface area contributed by atoms with Crippen LogP contribution < -0.4 is 21.1 Å². The SMILES string of the molecule is CC(=O)c1ccc(F)c([C@@H]2C[C@@H]2NC(=O)Nc2ccc(C#N)cn2)c1OC(=O)c1ccc(N)nc1. The number of pyridine rings is 2. The number of esters is 1. The minimum atomic E-state index is -0.832. The predicted octanol–water partition coefficient (Wildman–Crippen LogP) is 3.17. The van der Waals surface area contributed by atoms with Gasteiger partial charge in [-0.2, -0.15) is 5.26 Å². The summed E-state index contributed by atoms with van der Waals surface area (Å²) in [7, 11) is 0. The van der Waals surface area contributed by atoms with Crippen molar-refractivity contribution in [2.45, 2.75) is 25.3 Å². The zero-order valence-electron chi connectivity index (χ0n) is 18.4. The first-order chi connectivity index (χ1) is 16.8. The Morgan fingerprint density at radius 3 is 2.57 bits per heavy atom. The van der Waals surface area contributed by atoms with Gasteiger partial charge in [-0.3, -0.25) is 10.1 Å². The van der Waals surface area contributed by atoms with Crippen LogP contribution in [-0.4, -0.2) is 33.8 Å². The molecular weight excluding hydrogens is 455 g/mol. The molecule has 0 radical (unpaired) electrons. The van der Waals surface area contributed by atoms with Gasteiger partial charge in [-0.25, -0.2) is 23.9 Å². The van der Waals surface area contributed by atoms with Crippen molar-refractivity contribution in [2.24, 2.45) is 0 Å². The molecule has 11 heteroatoms. The molecule has 0 unspecified atom stereocenters. The van der Waals surface area contributed by atoms with Gasteiger partial charge in [-0.15, -0.1) is 0 Å². The quantitative estimate of drug-likeness (QED) is 0.279. The predicted molar refractivity (Wildman–Crippen MR) is 122 cm³/mol. The summed E-state index contributed by atoms with van der Waals surface area (Å²) < 4.78 is 20.4. The number of aromatic nitrogens is 2. The molecule has 1 aromatic carbocycles. The Kier molecular flexibility index (Phi) is 6.37. The third kappa shape index (κ3) is 5.22. The molecule has 10 nitrogen and oxygen atoms in total. The zero-order chi connectivity index (χ0) is 25.1. The van der Waals surface area contributed by atoms with Gasteiger partial charge in [-0.1, -0.05) is 0 Å². The maximum atomic E-state index is 14.9. The fourth-order valence-corrected chi connectivity index (χ4v) is 3.51. The first-order valence-electron chi connectivity index (χ1n) is 10.5. The van der Waals surface area contributed by atoms with Gasteiger partial charge in [0, 0.05) is 29.9 Å². The number of hydrogen-bond donors (Lipinski definition) is 3. The maximum Gasteiger partial charge on any atom is 0.345 e. The van der Waals surface area contributed by atoms with Crippen molar-refractivity contribution in [1.29, 1.82) is 5.26 Å². The fourth-order valence-electron chi connectivity index (χ4n) is 3.51. The lowest BCUT2D eigenvalue weighted by molar-refractivity contribution is 0.0730. The molecule has 0 spiro atoms. The molecule has 2 aromatic heterocycles. The third-order valence-electron chi connectivity index (χ3n) is 5.35. The summed E-state index contributed by atoms with van der Waals surface area (Å²) in [6, 6.07) is 9.05. The standard InChI is InChI=1S/C24H19FN6O4/c1-12(32)15-4-5-17(25)21(22(15)35-23(33)14-3-6-19(27)28-11-14)16-8-18(16)30-24(34)31-20-7-2-13(9-26)10-29-20/h2-7,10-11,16,18H,8H2,1H3,(H2,27,28)(H2,29,30,31,34)/t16-,18+/m1/s1. The van der Waals surface area contributed by atoms with Gasteiger partial charge >= 0.3 is 12.0 Å². The number of halogens is 1. The second-order valence-corrected chi connectivity index (χ2v) is 7.85. The molecule has 35 heavy (non-hydrogen) atoms. The number of nitrogens with one attached hydrogen (secondary N) is 2. The number of nitriles is 1. The Morgan fingerprint density at radius 2 is 1.94 bits per heavy atom. The van der Waals surface area contributed by atoms with Crippen LogP contribution in [0, 0.1) is 17.1 Å². The van der Waals surface area contributed by atoms with Crippen LogP contribution >= 0.6 is 0 Å². The maximum absolute atomic E-state index is 14.9.